The number of amides is 1. The average Bonchev–Trinajstić information content (AvgIpc) is 3.21. The van der Waals surface area contributed by atoms with Gasteiger partial charge in [0.15, 0.2) is 16.7 Å². The Hall–Kier alpha value is -2.78. The molecule has 0 atom stereocenters. The summed E-state index contributed by atoms with van der Waals surface area (Å²) in [6.07, 6.45) is 1.64. The first kappa shape index (κ1) is 17.6. The van der Waals surface area contributed by atoms with Gasteiger partial charge in [-0.05, 0) is 54.6 Å². The summed E-state index contributed by atoms with van der Waals surface area (Å²) in [5.74, 6) is 0.839. The number of carbonyl (C=O) groups is 1. The minimum absolute atomic E-state index is 0.0209. The van der Waals surface area contributed by atoms with Crippen LogP contribution in [0.4, 0.5) is 0 Å². The van der Waals surface area contributed by atoms with Gasteiger partial charge in [0.1, 0.15) is 0 Å². The van der Waals surface area contributed by atoms with Gasteiger partial charge in [-0.25, -0.2) is 0 Å². The SMILES string of the molecule is Cc1ccc(S(=O)(=O)/N=C2\NC(=O)C(=Cc3ccc4c(c3)OCO4)S2)cc1. The van der Waals surface area contributed by atoms with Crippen LogP contribution < -0.4 is 14.8 Å². The van der Waals surface area contributed by atoms with Gasteiger partial charge in [0.05, 0.1) is 9.80 Å². The van der Waals surface area contributed by atoms with Gasteiger partial charge in [-0.1, -0.05) is 23.8 Å². The predicted molar refractivity (Wildman–Crippen MR) is 102 cm³/mol. The first-order valence-electron chi connectivity index (χ1n) is 7.93. The summed E-state index contributed by atoms with van der Waals surface area (Å²) < 4.78 is 39.1. The van der Waals surface area contributed by atoms with Crippen LogP contribution in [0.15, 0.2) is 56.7 Å². The lowest BCUT2D eigenvalue weighted by atomic mass is 10.2. The summed E-state index contributed by atoms with van der Waals surface area (Å²) in [6, 6.07) is 11.6. The molecule has 2 aromatic rings. The fourth-order valence-electron chi connectivity index (χ4n) is 2.50. The molecule has 1 fully saturated rings. The largest absolute Gasteiger partial charge is 0.454 e. The normalized spacial score (nSPS) is 18.9. The van der Waals surface area contributed by atoms with E-state index < -0.39 is 15.9 Å². The van der Waals surface area contributed by atoms with E-state index in [2.05, 4.69) is 9.71 Å². The molecule has 0 aromatic heterocycles. The standard InChI is InChI=1S/C18H14N2O5S2/c1-11-2-5-13(6-3-11)27(22,23)20-18-19-17(21)16(26-18)9-12-4-7-14-15(8-12)25-10-24-14/h2-9H,10H2,1H3,(H,19,20,21). The number of amidine groups is 1. The molecule has 138 valence electrons. The Balaban J connectivity index is 1.58. The predicted octanol–water partition coefficient (Wildman–Crippen LogP) is 2.67. The fraction of sp³-hybridized carbons (Fsp3) is 0.111. The van der Waals surface area contributed by atoms with Crippen LogP contribution in [0.5, 0.6) is 11.5 Å². The summed E-state index contributed by atoms with van der Waals surface area (Å²) >= 11 is 0.971. The van der Waals surface area contributed by atoms with Crippen LogP contribution in [0.25, 0.3) is 6.08 Å². The number of ether oxygens (including phenoxy) is 2. The molecule has 0 aliphatic carbocycles. The lowest BCUT2D eigenvalue weighted by Gasteiger charge is -2.00. The lowest BCUT2D eigenvalue weighted by molar-refractivity contribution is -0.115. The summed E-state index contributed by atoms with van der Waals surface area (Å²) in [5.41, 5.74) is 1.68. The Kier molecular flexibility index (Phi) is 4.40. The summed E-state index contributed by atoms with van der Waals surface area (Å²) in [7, 11) is -3.90. The van der Waals surface area contributed by atoms with Gasteiger partial charge in [-0.3, -0.25) is 10.1 Å². The molecule has 2 heterocycles. The van der Waals surface area contributed by atoms with E-state index in [0.29, 0.717) is 16.4 Å². The smallest absolute Gasteiger partial charge is 0.284 e. The van der Waals surface area contributed by atoms with E-state index in [-0.39, 0.29) is 16.9 Å². The third-order valence-electron chi connectivity index (χ3n) is 3.87. The van der Waals surface area contributed by atoms with Gasteiger partial charge >= 0.3 is 0 Å². The second kappa shape index (κ2) is 6.75. The van der Waals surface area contributed by atoms with E-state index in [1.807, 2.05) is 6.92 Å². The number of nitrogens with zero attached hydrogens (tertiary/aromatic N) is 1. The number of fused-ring (bicyclic) bond motifs is 1. The second-order valence-corrected chi connectivity index (χ2v) is 8.50. The minimum Gasteiger partial charge on any atom is -0.454 e. The fourth-order valence-corrected chi connectivity index (χ4v) is 4.48. The van der Waals surface area contributed by atoms with Crippen LogP contribution in [-0.2, 0) is 14.8 Å². The number of rotatable bonds is 3. The van der Waals surface area contributed by atoms with Crippen molar-refractivity contribution in [2.24, 2.45) is 4.40 Å². The Labute approximate surface area is 160 Å². The molecule has 2 aromatic carbocycles. The van der Waals surface area contributed by atoms with E-state index in [9.17, 15) is 13.2 Å². The van der Waals surface area contributed by atoms with Gasteiger partial charge in [-0.2, -0.15) is 8.42 Å². The zero-order valence-electron chi connectivity index (χ0n) is 14.1. The quantitative estimate of drug-likeness (QED) is 0.794. The van der Waals surface area contributed by atoms with Crippen molar-refractivity contribution in [1.82, 2.24) is 5.32 Å². The molecule has 2 aliphatic rings. The van der Waals surface area contributed by atoms with E-state index in [1.165, 1.54) is 12.1 Å². The monoisotopic (exact) mass is 402 g/mol. The average molecular weight is 402 g/mol. The highest BCUT2D eigenvalue weighted by molar-refractivity contribution is 8.19. The summed E-state index contributed by atoms with van der Waals surface area (Å²) in [6.45, 7) is 2.03. The Morgan fingerprint density at radius 1 is 1.11 bits per heavy atom. The van der Waals surface area contributed by atoms with Crippen molar-refractivity contribution in [2.75, 3.05) is 6.79 Å². The van der Waals surface area contributed by atoms with E-state index >= 15 is 0 Å². The maximum Gasteiger partial charge on any atom is 0.284 e. The first-order chi connectivity index (χ1) is 12.9. The highest BCUT2D eigenvalue weighted by Crippen LogP contribution is 2.34. The van der Waals surface area contributed by atoms with E-state index in [4.69, 9.17) is 9.47 Å². The van der Waals surface area contributed by atoms with Crippen molar-refractivity contribution in [3.05, 3.63) is 58.5 Å². The highest BCUT2D eigenvalue weighted by atomic mass is 32.2. The van der Waals surface area contributed by atoms with Crippen LogP contribution in [0, 0.1) is 6.92 Å². The number of thioether (sulfide) groups is 1. The molecule has 1 saturated heterocycles. The number of sulfonamides is 1. The van der Waals surface area contributed by atoms with Crippen LogP contribution in [0.2, 0.25) is 0 Å². The number of nitrogens with one attached hydrogen (secondary N) is 1. The van der Waals surface area contributed by atoms with Crippen LogP contribution >= 0.6 is 11.8 Å². The summed E-state index contributed by atoms with van der Waals surface area (Å²) in [4.78, 5) is 12.6. The molecule has 0 spiro atoms. The highest BCUT2D eigenvalue weighted by Gasteiger charge is 2.26. The van der Waals surface area contributed by atoms with Crippen molar-refractivity contribution in [3.63, 3.8) is 0 Å². The van der Waals surface area contributed by atoms with Gasteiger partial charge in [-0.15, -0.1) is 4.40 Å². The molecule has 0 unspecified atom stereocenters. The van der Waals surface area contributed by atoms with E-state index in [1.54, 1.807) is 36.4 Å². The minimum atomic E-state index is -3.90. The van der Waals surface area contributed by atoms with Crippen LogP contribution in [0.3, 0.4) is 0 Å². The van der Waals surface area contributed by atoms with Gasteiger partial charge in [0, 0.05) is 0 Å². The molecule has 0 radical (unpaired) electrons. The van der Waals surface area contributed by atoms with Crippen molar-refractivity contribution < 1.29 is 22.7 Å². The van der Waals surface area contributed by atoms with E-state index in [0.717, 1.165) is 22.9 Å². The molecule has 9 heteroatoms. The maximum atomic E-state index is 12.4. The van der Waals surface area contributed by atoms with Gasteiger partial charge in [0.2, 0.25) is 6.79 Å². The third-order valence-corrected chi connectivity index (χ3v) is 6.18. The number of benzene rings is 2. The molecule has 1 N–H and O–H groups in total. The Morgan fingerprint density at radius 3 is 2.63 bits per heavy atom. The number of carbonyl (C=O) groups excluding carboxylic acids is 1. The molecule has 7 nitrogen and oxygen atoms in total. The number of aryl methyl sites for hydroxylation is 1. The van der Waals surface area contributed by atoms with Crippen molar-refractivity contribution in [2.45, 2.75) is 11.8 Å². The third kappa shape index (κ3) is 3.69. The van der Waals surface area contributed by atoms with Crippen molar-refractivity contribution >= 4 is 38.9 Å². The van der Waals surface area contributed by atoms with Crippen molar-refractivity contribution in [3.8, 4) is 11.5 Å². The maximum absolute atomic E-state index is 12.4. The van der Waals surface area contributed by atoms with Crippen LogP contribution in [0.1, 0.15) is 11.1 Å². The van der Waals surface area contributed by atoms with Gasteiger partial charge in [0.25, 0.3) is 15.9 Å². The van der Waals surface area contributed by atoms with Gasteiger partial charge < -0.3 is 9.47 Å². The van der Waals surface area contributed by atoms with Crippen molar-refractivity contribution in [1.29, 1.82) is 0 Å². The Morgan fingerprint density at radius 2 is 1.85 bits per heavy atom. The zero-order valence-corrected chi connectivity index (χ0v) is 15.8. The molecule has 0 saturated carbocycles. The van der Waals surface area contributed by atoms with Crippen LogP contribution in [-0.4, -0.2) is 26.3 Å². The number of hydrogen-bond donors (Lipinski definition) is 1. The lowest BCUT2D eigenvalue weighted by Crippen LogP contribution is -2.20. The molecular weight excluding hydrogens is 388 g/mol. The first-order valence-corrected chi connectivity index (χ1v) is 10.2. The molecule has 27 heavy (non-hydrogen) atoms. The molecule has 4 rings (SSSR count). The molecule has 2 aliphatic heterocycles. The molecule has 1 amide bonds. The molecular formula is C18H14N2O5S2. The Bertz CT molecular complexity index is 1090. The summed E-state index contributed by atoms with van der Waals surface area (Å²) in [5, 5.41) is 2.51. The second-order valence-electron chi connectivity index (χ2n) is 5.86. The topological polar surface area (TPSA) is 94.1 Å². The zero-order chi connectivity index (χ0) is 19.0. The molecule has 0 bridgehead atoms. The number of hydrogen-bond acceptors (Lipinski definition) is 6.